The Labute approximate surface area is 171 Å². The molecular weight excluding hydrogens is 449 g/mol. The van der Waals surface area contributed by atoms with E-state index in [1.165, 1.54) is 4.90 Å². The van der Waals surface area contributed by atoms with Crippen LogP contribution in [0.5, 0.6) is 5.75 Å². The van der Waals surface area contributed by atoms with Gasteiger partial charge in [-0.1, -0.05) is 18.2 Å². The molecule has 1 saturated heterocycles. The van der Waals surface area contributed by atoms with Gasteiger partial charge < -0.3 is 20.3 Å². The number of rotatable bonds is 7. The van der Waals surface area contributed by atoms with Crippen LogP contribution >= 0.6 is 24.0 Å². The molecule has 144 valence electrons. The van der Waals surface area contributed by atoms with Gasteiger partial charge in [-0.3, -0.25) is 14.7 Å². The smallest absolute Gasteiger partial charge is 0.324 e. The fourth-order valence-electron chi connectivity index (χ4n) is 2.46. The van der Waals surface area contributed by atoms with E-state index in [0.717, 1.165) is 11.3 Å². The number of hydrogen-bond acceptors (Lipinski definition) is 4. The first-order chi connectivity index (χ1) is 12.0. The van der Waals surface area contributed by atoms with Crippen LogP contribution in [0, 0.1) is 6.92 Å². The van der Waals surface area contributed by atoms with Crippen LogP contribution in [0.3, 0.4) is 0 Å². The van der Waals surface area contributed by atoms with Gasteiger partial charge in [-0.25, -0.2) is 4.79 Å². The molecule has 1 fully saturated rings. The number of aliphatic imine (C=N–C) groups is 1. The first kappa shape index (κ1) is 22.0. The van der Waals surface area contributed by atoms with Crippen molar-refractivity contribution in [3.63, 3.8) is 0 Å². The summed E-state index contributed by atoms with van der Waals surface area (Å²) in [5, 5.41) is 5.64. The molecule has 0 spiro atoms. The van der Waals surface area contributed by atoms with Crippen molar-refractivity contribution in [2.75, 3.05) is 46.9 Å². The second-order valence-corrected chi connectivity index (χ2v) is 5.71. The third-order valence-corrected chi connectivity index (χ3v) is 3.91. The summed E-state index contributed by atoms with van der Waals surface area (Å²) in [6, 6.07) is 7.53. The predicted molar refractivity (Wildman–Crippen MR) is 111 cm³/mol. The molecule has 0 aliphatic carbocycles. The highest BCUT2D eigenvalue weighted by Crippen LogP contribution is 2.15. The Bertz CT molecular complexity index is 637. The maximum absolute atomic E-state index is 11.5. The Balaban J connectivity index is 0.00000338. The van der Waals surface area contributed by atoms with E-state index in [9.17, 15) is 9.59 Å². The summed E-state index contributed by atoms with van der Waals surface area (Å²) in [5.74, 6) is 1.35. The summed E-state index contributed by atoms with van der Waals surface area (Å²) in [6.07, 6.45) is 0. The lowest BCUT2D eigenvalue weighted by molar-refractivity contribution is -0.124. The molecule has 1 aromatic carbocycles. The molecule has 2 rings (SSSR count). The number of hydrogen-bond donors (Lipinski definition) is 2. The van der Waals surface area contributed by atoms with Gasteiger partial charge in [0.25, 0.3) is 0 Å². The van der Waals surface area contributed by atoms with Crippen molar-refractivity contribution in [2.24, 2.45) is 4.99 Å². The van der Waals surface area contributed by atoms with E-state index < -0.39 is 0 Å². The summed E-state index contributed by atoms with van der Waals surface area (Å²) in [4.78, 5) is 30.3. The highest BCUT2D eigenvalue weighted by Gasteiger charge is 2.27. The van der Waals surface area contributed by atoms with Crippen molar-refractivity contribution in [3.05, 3.63) is 29.8 Å². The van der Waals surface area contributed by atoms with Gasteiger partial charge >= 0.3 is 6.03 Å². The molecule has 0 saturated carbocycles. The molecule has 0 bridgehead atoms. The third-order valence-electron chi connectivity index (χ3n) is 3.91. The molecule has 0 aromatic heterocycles. The molecule has 0 atom stereocenters. The lowest BCUT2D eigenvalue weighted by atomic mass is 10.2. The average molecular weight is 475 g/mol. The van der Waals surface area contributed by atoms with E-state index in [4.69, 9.17) is 4.74 Å². The van der Waals surface area contributed by atoms with E-state index in [1.54, 1.807) is 7.05 Å². The average Bonchev–Trinajstić information content (AvgIpc) is 2.92. The van der Waals surface area contributed by atoms with Crippen molar-refractivity contribution in [2.45, 2.75) is 6.92 Å². The molecular formula is C17H26IN5O3. The maximum Gasteiger partial charge on any atom is 0.324 e. The number of carbonyl (C=O) groups excluding carboxylic acids is 2. The number of halogens is 1. The van der Waals surface area contributed by atoms with Crippen LogP contribution in [0.2, 0.25) is 0 Å². The summed E-state index contributed by atoms with van der Waals surface area (Å²) < 4.78 is 5.79. The number of benzene rings is 1. The van der Waals surface area contributed by atoms with Gasteiger partial charge in [0, 0.05) is 27.2 Å². The van der Waals surface area contributed by atoms with E-state index in [-0.39, 0.29) is 42.5 Å². The summed E-state index contributed by atoms with van der Waals surface area (Å²) >= 11 is 0. The molecule has 1 heterocycles. The van der Waals surface area contributed by atoms with Crippen LogP contribution in [0.1, 0.15) is 5.56 Å². The molecule has 2 N–H and O–H groups in total. The molecule has 9 heteroatoms. The van der Waals surface area contributed by atoms with E-state index in [2.05, 4.69) is 15.6 Å². The zero-order valence-electron chi connectivity index (χ0n) is 15.3. The molecule has 0 radical (unpaired) electrons. The number of nitrogens with one attached hydrogen (secondary N) is 2. The quantitative estimate of drug-likeness (QED) is 0.267. The topological polar surface area (TPSA) is 86.3 Å². The van der Waals surface area contributed by atoms with Gasteiger partial charge in [-0.2, -0.15) is 0 Å². The number of urea groups is 1. The summed E-state index contributed by atoms with van der Waals surface area (Å²) in [7, 11) is 3.60. The number of ether oxygens (including phenoxy) is 1. The van der Waals surface area contributed by atoms with E-state index in [1.807, 2.05) is 43.1 Å². The molecule has 26 heavy (non-hydrogen) atoms. The number of aryl methyl sites for hydroxylation is 1. The fraction of sp³-hybridized carbons (Fsp3) is 0.471. The molecule has 8 nitrogen and oxygen atoms in total. The standard InChI is InChI=1S/C17H25N5O3.HI/c1-13-6-4-5-7-14(13)25-11-10-21(3)16(18-2)19-8-9-22-15(23)12-20-17(22)24;/h4-7H,8-12H2,1-3H3,(H,18,19)(H,20,24);1H. The lowest BCUT2D eigenvalue weighted by Crippen LogP contribution is -2.44. The highest BCUT2D eigenvalue weighted by atomic mass is 127. The zero-order chi connectivity index (χ0) is 18.2. The monoisotopic (exact) mass is 475 g/mol. The van der Waals surface area contributed by atoms with E-state index >= 15 is 0 Å². The van der Waals surface area contributed by atoms with Crippen molar-refractivity contribution < 1.29 is 14.3 Å². The largest absolute Gasteiger partial charge is 0.491 e. The Morgan fingerprint density at radius 2 is 2.12 bits per heavy atom. The Morgan fingerprint density at radius 3 is 2.73 bits per heavy atom. The third kappa shape index (κ3) is 6.04. The highest BCUT2D eigenvalue weighted by molar-refractivity contribution is 14.0. The normalized spacial score (nSPS) is 14.0. The first-order valence-corrected chi connectivity index (χ1v) is 8.21. The summed E-state index contributed by atoms with van der Waals surface area (Å²) in [6.45, 7) is 4.00. The second kappa shape index (κ2) is 10.8. The summed E-state index contributed by atoms with van der Waals surface area (Å²) in [5.41, 5.74) is 1.10. The SMILES string of the molecule is CN=C(NCCN1C(=O)CNC1=O)N(C)CCOc1ccccc1C.I. The Kier molecular flexibility index (Phi) is 9.17. The minimum atomic E-state index is -0.346. The van der Waals surface area contributed by atoms with Gasteiger partial charge in [0.15, 0.2) is 5.96 Å². The van der Waals surface area contributed by atoms with Crippen LogP contribution in [0.4, 0.5) is 4.79 Å². The number of guanidine groups is 1. The second-order valence-electron chi connectivity index (χ2n) is 5.71. The number of likely N-dealkylation sites (N-methyl/N-ethyl adjacent to an activating group) is 1. The van der Waals surface area contributed by atoms with Crippen molar-refractivity contribution in [3.8, 4) is 5.75 Å². The van der Waals surface area contributed by atoms with Gasteiger partial charge in [0.2, 0.25) is 5.91 Å². The maximum atomic E-state index is 11.5. The number of para-hydroxylation sites is 1. The van der Waals surface area contributed by atoms with Gasteiger partial charge in [0.05, 0.1) is 13.1 Å². The number of nitrogens with zero attached hydrogens (tertiary/aromatic N) is 3. The molecule has 1 aliphatic rings. The predicted octanol–water partition coefficient (Wildman–Crippen LogP) is 1.05. The minimum Gasteiger partial charge on any atom is -0.491 e. The fourth-order valence-corrected chi connectivity index (χ4v) is 2.46. The zero-order valence-corrected chi connectivity index (χ0v) is 17.6. The van der Waals surface area contributed by atoms with Crippen LogP contribution in [0.15, 0.2) is 29.3 Å². The van der Waals surface area contributed by atoms with Gasteiger partial charge in [0.1, 0.15) is 12.4 Å². The van der Waals surface area contributed by atoms with Crippen LogP contribution in [0.25, 0.3) is 0 Å². The van der Waals surface area contributed by atoms with E-state index in [0.29, 0.717) is 32.2 Å². The number of amides is 3. The molecule has 3 amide bonds. The van der Waals surface area contributed by atoms with Gasteiger partial charge in [-0.15, -0.1) is 24.0 Å². The van der Waals surface area contributed by atoms with Crippen LogP contribution < -0.4 is 15.4 Å². The van der Waals surface area contributed by atoms with Crippen molar-refractivity contribution >= 4 is 41.9 Å². The Morgan fingerprint density at radius 1 is 1.38 bits per heavy atom. The Hall–Kier alpha value is -2.04. The lowest BCUT2D eigenvalue weighted by Gasteiger charge is -2.23. The molecule has 1 aliphatic heterocycles. The minimum absolute atomic E-state index is 0. The van der Waals surface area contributed by atoms with Crippen LogP contribution in [-0.2, 0) is 4.79 Å². The first-order valence-electron chi connectivity index (χ1n) is 8.21. The molecule has 1 aromatic rings. The van der Waals surface area contributed by atoms with Gasteiger partial charge in [-0.05, 0) is 18.6 Å². The van der Waals surface area contributed by atoms with Crippen LogP contribution in [-0.4, -0.2) is 74.6 Å². The number of carbonyl (C=O) groups is 2. The number of imide groups is 1. The molecule has 0 unspecified atom stereocenters. The van der Waals surface area contributed by atoms with Crippen molar-refractivity contribution in [1.29, 1.82) is 0 Å². The van der Waals surface area contributed by atoms with Crippen molar-refractivity contribution in [1.82, 2.24) is 20.4 Å².